The van der Waals surface area contributed by atoms with Crippen LogP contribution >= 0.6 is 11.6 Å². The van der Waals surface area contributed by atoms with Gasteiger partial charge in [0, 0.05) is 12.1 Å². The molecule has 1 saturated heterocycles. The number of carbonyl (C=O) groups is 1. The van der Waals surface area contributed by atoms with Gasteiger partial charge in [0.2, 0.25) is 17.6 Å². The molecule has 0 radical (unpaired) electrons. The van der Waals surface area contributed by atoms with Gasteiger partial charge in [-0.15, -0.1) is 11.6 Å². The number of rotatable bonds is 4. The molecule has 4 rings (SSSR count). The maximum absolute atomic E-state index is 13.1. The van der Waals surface area contributed by atoms with Crippen molar-refractivity contribution in [1.82, 2.24) is 15.0 Å². The second-order valence-corrected chi connectivity index (χ2v) is 7.58. The van der Waals surface area contributed by atoms with Crippen molar-refractivity contribution in [2.45, 2.75) is 37.6 Å². The van der Waals surface area contributed by atoms with E-state index in [1.807, 2.05) is 61.5 Å². The van der Waals surface area contributed by atoms with E-state index in [9.17, 15) is 4.79 Å². The minimum absolute atomic E-state index is 0.118. The first-order valence-corrected chi connectivity index (χ1v) is 9.97. The summed E-state index contributed by atoms with van der Waals surface area (Å²) in [5, 5.41) is 3.42. The third kappa shape index (κ3) is 3.80. The Morgan fingerprint density at radius 3 is 2.79 bits per heavy atom. The van der Waals surface area contributed by atoms with Crippen LogP contribution < -0.4 is 0 Å². The number of amides is 1. The summed E-state index contributed by atoms with van der Waals surface area (Å²) in [5.74, 6) is 0.900. The number of halogens is 1. The Morgan fingerprint density at radius 2 is 2.00 bits per heavy atom. The molecule has 1 fully saturated rings. The van der Waals surface area contributed by atoms with E-state index in [0.29, 0.717) is 18.3 Å². The number of alkyl halides is 1. The summed E-state index contributed by atoms with van der Waals surface area (Å²) >= 11 is 6.50. The quantitative estimate of drug-likeness (QED) is 0.578. The first-order chi connectivity index (χ1) is 13.6. The van der Waals surface area contributed by atoms with Crippen LogP contribution in [0, 0.1) is 6.92 Å². The molecule has 28 heavy (non-hydrogen) atoms. The highest BCUT2D eigenvalue weighted by atomic mass is 35.5. The highest BCUT2D eigenvalue weighted by Crippen LogP contribution is 2.35. The van der Waals surface area contributed by atoms with Gasteiger partial charge in [-0.2, -0.15) is 4.98 Å². The van der Waals surface area contributed by atoms with E-state index in [2.05, 4.69) is 10.1 Å². The number of likely N-dealkylation sites (tertiary alicyclic amines) is 1. The summed E-state index contributed by atoms with van der Waals surface area (Å²) in [6, 6.07) is 17.2. The van der Waals surface area contributed by atoms with Crippen LogP contribution in [0.15, 0.2) is 59.1 Å². The average molecular weight is 396 g/mol. The van der Waals surface area contributed by atoms with E-state index in [1.54, 1.807) is 4.90 Å². The Hall–Kier alpha value is -2.66. The van der Waals surface area contributed by atoms with Gasteiger partial charge >= 0.3 is 0 Å². The van der Waals surface area contributed by atoms with E-state index in [0.717, 1.165) is 36.0 Å². The van der Waals surface area contributed by atoms with E-state index in [-0.39, 0.29) is 11.9 Å². The molecule has 0 saturated carbocycles. The fourth-order valence-corrected chi connectivity index (χ4v) is 3.91. The molecule has 2 atom stereocenters. The Morgan fingerprint density at radius 1 is 1.18 bits per heavy atom. The minimum atomic E-state index is -0.721. The zero-order valence-corrected chi connectivity index (χ0v) is 16.5. The van der Waals surface area contributed by atoms with E-state index < -0.39 is 5.38 Å². The van der Waals surface area contributed by atoms with Gasteiger partial charge in [-0.1, -0.05) is 59.3 Å². The average Bonchev–Trinajstić information content (AvgIpc) is 3.23. The monoisotopic (exact) mass is 395 g/mol. The molecule has 144 valence electrons. The topological polar surface area (TPSA) is 59.2 Å². The number of hydrogen-bond donors (Lipinski definition) is 0. The van der Waals surface area contributed by atoms with Crippen molar-refractivity contribution in [1.29, 1.82) is 0 Å². The van der Waals surface area contributed by atoms with Crippen LogP contribution in [0.5, 0.6) is 0 Å². The number of benzene rings is 2. The first kappa shape index (κ1) is 18.7. The lowest BCUT2D eigenvalue weighted by Gasteiger charge is -2.34. The molecule has 5 nitrogen and oxygen atoms in total. The second-order valence-electron chi connectivity index (χ2n) is 7.14. The smallest absolute Gasteiger partial charge is 0.249 e. The van der Waals surface area contributed by atoms with Gasteiger partial charge < -0.3 is 9.42 Å². The molecule has 1 amide bonds. The van der Waals surface area contributed by atoms with Crippen molar-refractivity contribution >= 4 is 17.5 Å². The maximum atomic E-state index is 13.1. The Balaban J connectivity index is 1.58. The predicted molar refractivity (Wildman–Crippen MR) is 108 cm³/mol. The molecular weight excluding hydrogens is 374 g/mol. The van der Waals surface area contributed by atoms with Crippen LogP contribution in [0.1, 0.15) is 47.7 Å². The zero-order chi connectivity index (χ0) is 19.5. The number of aryl methyl sites for hydroxylation is 1. The van der Waals surface area contributed by atoms with Crippen molar-refractivity contribution in [2.24, 2.45) is 0 Å². The molecule has 0 bridgehead atoms. The third-order valence-electron chi connectivity index (χ3n) is 5.10. The lowest BCUT2D eigenvalue weighted by molar-refractivity contribution is -0.135. The fraction of sp³-hybridized carbons (Fsp3) is 0.318. The minimum Gasteiger partial charge on any atom is -0.337 e. The Bertz CT molecular complexity index is 957. The zero-order valence-electron chi connectivity index (χ0n) is 15.7. The van der Waals surface area contributed by atoms with Gasteiger partial charge in [0.1, 0.15) is 11.4 Å². The van der Waals surface area contributed by atoms with E-state index in [4.69, 9.17) is 16.1 Å². The van der Waals surface area contributed by atoms with Crippen LogP contribution in [0.3, 0.4) is 0 Å². The van der Waals surface area contributed by atoms with Gasteiger partial charge in [0.25, 0.3) is 0 Å². The van der Waals surface area contributed by atoms with Crippen LogP contribution in [-0.2, 0) is 4.79 Å². The van der Waals surface area contributed by atoms with Gasteiger partial charge in [-0.3, -0.25) is 4.79 Å². The molecule has 3 aromatic rings. The fourth-order valence-electron chi connectivity index (χ4n) is 3.63. The van der Waals surface area contributed by atoms with Crippen molar-refractivity contribution < 1.29 is 9.32 Å². The highest BCUT2D eigenvalue weighted by Gasteiger charge is 2.35. The highest BCUT2D eigenvalue weighted by molar-refractivity contribution is 6.30. The largest absolute Gasteiger partial charge is 0.337 e. The number of piperidine rings is 1. The molecule has 1 aromatic heterocycles. The lowest BCUT2D eigenvalue weighted by atomic mass is 10.0. The SMILES string of the molecule is Cc1cccc(-c2noc(C3CCCCN3C(=O)C(Cl)c3ccccc3)n2)c1. The van der Waals surface area contributed by atoms with Crippen LogP contribution in [-0.4, -0.2) is 27.5 Å². The Kier molecular flexibility index (Phi) is 5.44. The predicted octanol–water partition coefficient (Wildman–Crippen LogP) is 5.08. The van der Waals surface area contributed by atoms with Crippen LogP contribution in [0.2, 0.25) is 0 Å². The van der Waals surface area contributed by atoms with Gasteiger partial charge in [0.15, 0.2) is 0 Å². The summed E-state index contributed by atoms with van der Waals surface area (Å²) in [4.78, 5) is 19.5. The molecule has 2 aromatic carbocycles. The van der Waals surface area contributed by atoms with E-state index >= 15 is 0 Å². The van der Waals surface area contributed by atoms with E-state index in [1.165, 1.54) is 0 Å². The molecular formula is C22H22ClN3O2. The van der Waals surface area contributed by atoms with Gasteiger partial charge in [0.05, 0.1) is 0 Å². The molecule has 1 aliphatic heterocycles. The number of nitrogens with zero attached hydrogens (tertiary/aromatic N) is 3. The molecule has 6 heteroatoms. The van der Waals surface area contributed by atoms with Gasteiger partial charge in [-0.05, 0) is 37.8 Å². The summed E-state index contributed by atoms with van der Waals surface area (Å²) in [7, 11) is 0. The molecule has 1 aliphatic rings. The van der Waals surface area contributed by atoms with Crippen molar-refractivity contribution in [3.05, 3.63) is 71.6 Å². The molecule has 0 aliphatic carbocycles. The number of hydrogen-bond acceptors (Lipinski definition) is 4. The summed E-state index contributed by atoms with van der Waals surface area (Å²) in [5.41, 5.74) is 2.83. The van der Waals surface area contributed by atoms with Crippen LogP contribution in [0.4, 0.5) is 0 Å². The second kappa shape index (κ2) is 8.15. The molecule has 0 N–H and O–H groups in total. The number of aromatic nitrogens is 2. The summed E-state index contributed by atoms with van der Waals surface area (Å²) in [6.07, 6.45) is 2.74. The number of carbonyl (C=O) groups excluding carboxylic acids is 1. The third-order valence-corrected chi connectivity index (χ3v) is 5.54. The first-order valence-electron chi connectivity index (χ1n) is 9.53. The standard InChI is InChI=1S/C22H22ClN3O2/c1-15-8-7-11-17(14-15)20-24-21(28-25-20)18-12-5-6-13-26(18)22(27)19(23)16-9-3-2-4-10-16/h2-4,7-11,14,18-19H,5-6,12-13H2,1H3. The maximum Gasteiger partial charge on any atom is 0.249 e. The normalized spacial score (nSPS) is 18.1. The summed E-state index contributed by atoms with van der Waals surface area (Å²) < 4.78 is 5.57. The molecule has 2 heterocycles. The molecule has 0 spiro atoms. The van der Waals surface area contributed by atoms with Crippen molar-refractivity contribution in [3.8, 4) is 11.4 Å². The van der Waals surface area contributed by atoms with Crippen molar-refractivity contribution in [3.63, 3.8) is 0 Å². The van der Waals surface area contributed by atoms with Crippen molar-refractivity contribution in [2.75, 3.05) is 6.54 Å². The lowest BCUT2D eigenvalue weighted by Crippen LogP contribution is -2.40. The molecule has 2 unspecified atom stereocenters. The Labute approximate surface area is 169 Å². The van der Waals surface area contributed by atoms with Crippen LogP contribution in [0.25, 0.3) is 11.4 Å². The van der Waals surface area contributed by atoms with Gasteiger partial charge in [-0.25, -0.2) is 0 Å². The summed E-state index contributed by atoms with van der Waals surface area (Å²) in [6.45, 7) is 2.66.